The molecular formula is C16H26N2O6S. The lowest BCUT2D eigenvalue weighted by Crippen LogP contribution is -2.54. The van der Waals surface area contributed by atoms with Crippen molar-refractivity contribution in [3.8, 4) is 0 Å². The van der Waals surface area contributed by atoms with E-state index in [0.717, 1.165) is 0 Å². The summed E-state index contributed by atoms with van der Waals surface area (Å²) in [5, 5.41) is 12.1. The molecule has 8 nitrogen and oxygen atoms in total. The van der Waals surface area contributed by atoms with Crippen molar-refractivity contribution in [3.05, 3.63) is 0 Å². The predicted molar refractivity (Wildman–Crippen MR) is 91.5 cm³/mol. The highest BCUT2D eigenvalue weighted by atomic mass is 32.2. The molecule has 9 heteroatoms. The smallest absolute Gasteiger partial charge is 0.407 e. The van der Waals surface area contributed by atoms with E-state index < -0.39 is 40.9 Å². The fourth-order valence-electron chi connectivity index (χ4n) is 3.64. The third-order valence-electron chi connectivity index (χ3n) is 5.19. The molecule has 0 aromatic rings. The van der Waals surface area contributed by atoms with Gasteiger partial charge in [-0.15, -0.1) is 0 Å². The summed E-state index contributed by atoms with van der Waals surface area (Å²) in [4.78, 5) is 37.6. The van der Waals surface area contributed by atoms with E-state index in [1.54, 1.807) is 13.8 Å². The van der Waals surface area contributed by atoms with Gasteiger partial charge >= 0.3 is 12.1 Å². The molecule has 0 aliphatic carbocycles. The number of rotatable bonds is 4. The third kappa shape index (κ3) is 4.31. The number of hydrogen-bond donors (Lipinski definition) is 2. The van der Waals surface area contributed by atoms with Crippen LogP contribution < -0.4 is 5.32 Å². The van der Waals surface area contributed by atoms with Crippen LogP contribution in [0.3, 0.4) is 0 Å². The lowest BCUT2D eigenvalue weighted by Gasteiger charge is -2.33. The van der Waals surface area contributed by atoms with Crippen LogP contribution in [0, 0.1) is 11.3 Å². The number of nitrogens with zero attached hydrogens (tertiary/aromatic N) is 1. The Morgan fingerprint density at radius 1 is 1.28 bits per heavy atom. The first kappa shape index (κ1) is 19.7. The summed E-state index contributed by atoms with van der Waals surface area (Å²) >= 11 is 0. The summed E-state index contributed by atoms with van der Waals surface area (Å²) in [5.74, 6) is -0.574. The Bertz CT molecular complexity index is 569. The average Bonchev–Trinajstić information content (AvgIpc) is 2.94. The number of ether oxygens (including phenoxy) is 1. The molecule has 1 unspecified atom stereocenters. The summed E-state index contributed by atoms with van der Waals surface area (Å²) in [7, 11) is 0.357. The highest BCUT2D eigenvalue weighted by molar-refractivity contribution is 7.85. The van der Waals surface area contributed by atoms with Crippen molar-refractivity contribution in [1.29, 1.82) is 0 Å². The molecule has 2 atom stereocenters. The van der Waals surface area contributed by atoms with Gasteiger partial charge in [0, 0.05) is 28.9 Å². The number of likely N-dealkylation sites (tertiary alicyclic amines) is 1. The van der Waals surface area contributed by atoms with Crippen molar-refractivity contribution in [3.63, 3.8) is 0 Å². The van der Waals surface area contributed by atoms with E-state index in [4.69, 9.17) is 0 Å². The molecule has 2 heterocycles. The fourth-order valence-corrected chi connectivity index (χ4v) is 5.16. The number of aliphatic carboxylic acids is 1. The number of methoxy groups -OCH3 is 1. The van der Waals surface area contributed by atoms with Crippen molar-refractivity contribution in [2.45, 2.75) is 45.2 Å². The van der Waals surface area contributed by atoms with Crippen LogP contribution in [0.5, 0.6) is 0 Å². The molecule has 0 aromatic heterocycles. The van der Waals surface area contributed by atoms with Gasteiger partial charge < -0.3 is 20.1 Å². The summed E-state index contributed by atoms with van der Waals surface area (Å²) in [5.41, 5.74) is -0.292. The van der Waals surface area contributed by atoms with Crippen LogP contribution in [0.15, 0.2) is 0 Å². The van der Waals surface area contributed by atoms with E-state index in [0.29, 0.717) is 37.3 Å². The highest BCUT2D eigenvalue weighted by Gasteiger charge is 2.51. The molecule has 2 aliphatic rings. The van der Waals surface area contributed by atoms with Crippen LogP contribution in [0.1, 0.15) is 33.1 Å². The van der Waals surface area contributed by atoms with Crippen LogP contribution in [-0.2, 0) is 25.1 Å². The van der Waals surface area contributed by atoms with E-state index in [-0.39, 0.29) is 11.3 Å². The standard InChI is InChI=1S/C16H26N2O6S/c1-10(2)12(17-15(22)24-3)13(19)18-9-16(8-11(18)14(20)21)4-6-25(23)7-5-16/h10-12H,4-9H2,1-3H3,(H,17,22)(H,20,21)/t11?,12-,16?,25?/m0/s1. The maximum absolute atomic E-state index is 13.0. The van der Waals surface area contributed by atoms with E-state index in [1.165, 1.54) is 12.0 Å². The Morgan fingerprint density at radius 2 is 1.88 bits per heavy atom. The Labute approximate surface area is 149 Å². The van der Waals surface area contributed by atoms with E-state index in [1.807, 2.05) is 0 Å². The molecule has 2 amide bonds. The first-order chi connectivity index (χ1) is 11.7. The minimum absolute atomic E-state index is 0.212. The minimum atomic E-state index is -1.04. The molecule has 142 valence electrons. The van der Waals surface area contributed by atoms with Gasteiger partial charge in [0.25, 0.3) is 0 Å². The number of carboxylic acids is 1. The van der Waals surface area contributed by atoms with Crippen LogP contribution in [0.25, 0.3) is 0 Å². The summed E-state index contributed by atoms with van der Waals surface area (Å²) in [6.45, 7) is 3.89. The van der Waals surface area contributed by atoms with E-state index in [9.17, 15) is 23.7 Å². The molecule has 1 spiro atoms. The largest absolute Gasteiger partial charge is 0.480 e. The Hall–Kier alpha value is -1.64. The number of alkyl carbamates (subject to hydrolysis) is 1. The first-order valence-electron chi connectivity index (χ1n) is 8.42. The Kier molecular flexibility index (Phi) is 6.08. The monoisotopic (exact) mass is 374 g/mol. The van der Waals surface area contributed by atoms with E-state index >= 15 is 0 Å². The topological polar surface area (TPSA) is 113 Å². The molecule has 2 saturated heterocycles. The van der Waals surface area contributed by atoms with Gasteiger partial charge in [0.05, 0.1) is 7.11 Å². The second kappa shape index (κ2) is 7.72. The average molecular weight is 374 g/mol. The quantitative estimate of drug-likeness (QED) is 0.744. The maximum atomic E-state index is 13.0. The van der Waals surface area contributed by atoms with Crippen molar-refractivity contribution in [1.82, 2.24) is 10.2 Å². The third-order valence-corrected chi connectivity index (χ3v) is 6.51. The van der Waals surface area contributed by atoms with Gasteiger partial charge in [-0.3, -0.25) is 9.00 Å². The first-order valence-corrected chi connectivity index (χ1v) is 9.90. The number of hydrogen-bond acceptors (Lipinski definition) is 5. The molecule has 0 saturated carbocycles. The van der Waals surface area contributed by atoms with Gasteiger partial charge in [0.2, 0.25) is 5.91 Å². The van der Waals surface area contributed by atoms with Crippen molar-refractivity contribution in [2.24, 2.45) is 11.3 Å². The summed E-state index contributed by atoms with van der Waals surface area (Å²) in [6.07, 6.45) is 0.961. The maximum Gasteiger partial charge on any atom is 0.407 e. The molecule has 0 radical (unpaired) electrons. The number of nitrogens with one attached hydrogen (secondary N) is 1. The lowest BCUT2D eigenvalue weighted by molar-refractivity contribution is -0.149. The predicted octanol–water partition coefficient (Wildman–Crippen LogP) is 0.581. The molecule has 2 aliphatic heterocycles. The van der Waals surface area contributed by atoms with Gasteiger partial charge in [-0.2, -0.15) is 0 Å². The number of carboxylic acid groups (broad SMARTS) is 1. The van der Waals surface area contributed by atoms with Crippen LogP contribution in [0.4, 0.5) is 4.79 Å². The highest BCUT2D eigenvalue weighted by Crippen LogP contribution is 2.43. The van der Waals surface area contributed by atoms with Gasteiger partial charge in [0.15, 0.2) is 0 Å². The zero-order valence-electron chi connectivity index (χ0n) is 14.8. The van der Waals surface area contributed by atoms with E-state index in [2.05, 4.69) is 10.1 Å². The fraction of sp³-hybridized carbons (Fsp3) is 0.812. The van der Waals surface area contributed by atoms with Crippen molar-refractivity contribution in [2.75, 3.05) is 25.2 Å². The lowest BCUT2D eigenvalue weighted by atomic mass is 9.80. The molecule has 2 N–H and O–H groups in total. The normalized spacial score (nSPS) is 30.3. The van der Waals surface area contributed by atoms with Crippen molar-refractivity contribution < 1.29 is 28.4 Å². The summed E-state index contributed by atoms with van der Waals surface area (Å²) in [6, 6.07) is -1.76. The van der Waals surface area contributed by atoms with Gasteiger partial charge in [-0.05, 0) is 30.6 Å². The van der Waals surface area contributed by atoms with Crippen LogP contribution in [-0.4, -0.2) is 69.4 Å². The van der Waals surface area contributed by atoms with Crippen LogP contribution >= 0.6 is 0 Å². The molecule has 25 heavy (non-hydrogen) atoms. The second-order valence-corrected chi connectivity index (χ2v) is 8.93. The number of amides is 2. The van der Waals surface area contributed by atoms with Crippen LogP contribution in [0.2, 0.25) is 0 Å². The Balaban J connectivity index is 2.21. The summed E-state index contributed by atoms with van der Waals surface area (Å²) < 4.78 is 16.2. The minimum Gasteiger partial charge on any atom is -0.480 e. The molecule has 0 bridgehead atoms. The van der Waals surface area contributed by atoms with Crippen molar-refractivity contribution >= 4 is 28.8 Å². The number of carbonyl (C=O) groups is 3. The zero-order valence-corrected chi connectivity index (χ0v) is 15.6. The molecule has 0 aromatic carbocycles. The van der Waals surface area contributed by atoms with Gasteiger partial charge in [-0.1, -0.05) is 13.8 Å². The molecule has 2 fully saturated rings. The van der Waals surface area contributed by atoms with Gasteiger partial charge in [0.1, 0.15) is 12.1 Å². The molecule has 2 rings (SSSR count). The molecular weight excluding hydrogens is 348 g/mol. The zero-order chi connectivity index (χ0) is 18.8. The Morgan fingerprint density at radius 3 is 2.36 bits per heavy atom. The second-order valence-electron chi connectivity index (χ2n) is 7.23. The SMILES string of the molecule is COC(=O)N[C@H](C(=O)N1CC2(CCS(=O)CC2)CC1C(=O)O)C(C)C. The number of carbonyl (C=O) groups excluding carboxylic acids is 2. The van der Waals surface area contributed by atoms with Gasteiger partial charge in [-0.25, -0.2) is 9.59 Å².